The van der Waals surface area contributed by atoms with Crippen LogP contribution in [0, 0.1) is 5.92 Å². The van der Waals surface area contributed by atoms with Gasteiger partial charge in [-0.25, -0.2) is 9.18 Å². The number of allylic oxidation sites excluding steroid dienone is 1. The molecular weight excluding hydrogens is 566 g/mol. The lowest BCUT2D eigenvalue weighted by molar-refractivity contribution is -0.0437. The van der Waals surface area contributed by atoms with Gasteiger partial charge in [0.1, 0.15) is 17.5 Å². The summed E-state index contributed by atoms with van der Waals surface area (Å²) < 4.78 is 34.9. The van der Waals surface area contributed by atoms with Crippen LogP contribution in [-0.2, 0) is 25.5 Å². The summed E-state index contributed by atoms with van der Waals surface area (Å²) in [5.74, 6) is 0.266. The number of H-pyrrole nitrogens is 1. The van der Waals surface area contributed by atoms with Crippen LogP contribution in [0.4, 0.5) is 4.39 Å². The van der Waals surface area contributed by atoms with Gasteiger partial charge in [-0.15, -0.1) is 4.52 Å². The van der Waals surface area contributed by atoms with E-state index in [-0.39, 0.29) is 17.6 Å². The highest BCUT2D eigenvalue weighted by Crippen LogP contribution is 2.56. The zero-order valence-electron chi connectivity index (χ0n) is 23.2. The molecular formula is C25H41FN2O6PS2Si+. The van der Waals surface area contributed by atoms with Crippen LogP contribution in [0.2, 0.25) is 18.1 Å². The molecule has 1 saturated heterocycles. The molecule has 1 aromatic heterocycles. The maximum atomic E-state index is 15.9. The van der Waals surface area contributed by atoms with Gasteiger partial charge in [0.15, 0.2) is 26.8 Å². The summed E-state index contributed by atoms with van der Waals surface area (Å²) >= 11 is 7.06. The molecule has 1 saturated carbocycles. The van der Waals surface area contributed by atoms with E-state index in [1.807, 2.05) is 13.8 Å². The number of rotatable bonds is 9. The van der Waals surface area contributed by atoms with Gasteiger partial charge in [-0.2, -0.15) is 0 Å². The van der Waals surface area contributed by atoms with E-state index in [0.29, 0.717) is 6.42 Å². The van der Waals surface area contributed by atoms with Gasteiger partial charge in [0.25, 0.3) is 5.56 Å². The summed E-state index contributed by atoms with van der Waals surface area (Å²) in [6.07, 6.45) is -3.67. The third-order valence-corrected chi connectivity index (χ3v) is 17.0. The fraction of sp³-hybridized carbons (Fsp3) is 0.760. The highest BCUT2D eigenvalue weighted by Gasteiger charge is 2.54. The van der Waals surface area contributed by atoms with Crippen LogP contribution in [0.3, 0.4) is 0 Å². The normalized spacial score (nSPS) is 32.8. The number of aromatic amines is 1. The monoisotopic (exact) mass is 607 g/mol. The first kappa shape index (κ1) is 31.8. The second kappa shape index (κ2) is 12.0. The maximum absolute atomic E-state index is 15.9. The first-order valence-electron chi connectivity index (χ1n) is 12.9. The third kappa shape index (κ3) is 7.12. The number of aliphatic hydroxyl groups is 1. The van der Waals surface area contributed by atoms with Crippen molar-refractivity contribution in [2.45, 2.75) is 107 Å². The number of halogens is 1. The topological polar surface area (TPSA) is 103 Å². The van der Waals surface area contributed by atoms with E-state index in [4.69, 9.17) is 25.5 Å². The molecule has 1 unspecified atom stereocenters. The average Bonchev–Trinajstić information content (AvgIpc) is 3.08. The minimum Gasteiger partial charge on any atom is -0.414 e. The number of nitrogens with zero attached hydrogens (tertiary/aromatic N) is 1. The molecule has 1 aliphatic heterocycles. The van der Waals surface area contributed by atoms with Gasteiger partial charge in [-0.3, -0.25) is 14.3 Å². The Bertz CT molecular complexity index is 1160. The molecule has 8 atom stereocenters. The van der Waals surface area contributed by atoms with Crippen LogP contribution in [0.15, 0.2) is 34.0 Å². The van der Waals surface area contributed by atoms with Crippen molar-refractivity contribution in [2.24, 2.45) is 5.92 Å². The predicted octanol–water partition coefficient (Wildman–Crippen LogP) is 5.18. The standard InChI is InChI=1S/C25H40FN2O6PS2Si/c1-15(2)16-9-11-25(6,18(29)13-16)37-35(36)34-21-17(14-32-38(7,8)24(3,4)5)33-22(20(21)26)28-12-10-19(30)27-23(28)31/h10,12,16-18,20-22,29H,1,9,11,13-14H2,2-8H3/p+1/t16-,17+,18+,20+,21+,22+,25+/m0/s1. The molecule has 0 aromatic carbocycles. The Hall–Kier alpha value is -0.723. The molecule has 0 radical (unpaired) electrons. The average molecular weight is 608 g/mol. The smallest absolute Gasteiger partial charge is 0.414 e. The highest BCUT2D eigenvalue weighted by molar-refractivity contribution is 8.63. The Morgan fingerprint density at radius 1 is 1.45 bits per heavy atom. The van der Waals surface area contributed by atoms with Crippen molar-refractivity contribution >= 4 is 37.6 Å². The van der Waals surface area contributed by atoms with Crippen molar-refractivity contribution in [1.82, 2.24) is 9.55 Å². The number of nitrogens with one attached hydrogen (secondary N) is 1. The van der Waals surface area contributed by atoms with Crippen LogP contribution in [0.5, 0.6) is 0 Å². The Labute approximate surface area is 235 Å². The number of hydrogen-bond donors (Lipinski definition) is 2. The van der Waals surface area contributed by atoms with Crippen molar-refractivity contribution in [3.05, 3.63) is 45.3 Å². The first-order valence-corrected chi connectivity index (χ1v) is 19.5. The zero-order valence-corrected chi connectivity index (χ0v) is 26.8. The van der Waals surface area contributed by atoms with Crippen molar-refractivity contribution in [3.63, 3.8) is 0 Å². The molecule has 38 heavy (non-hydrogen) atoms. The predicted molar refractivity (Wildman–Crippen MR) is 157 cm³/mol. The molecule has 0 bridgehead atoms. The van der Waals surface area contributed by atoms with E-state index in [1.165, 1.54) is 17.6 Å². The highest BCUT2D eigenvalue weighted by atomic mass is 32.9. The van der Waals surface area contributed by atoms with E-state index < -0.39 is 61.2 Å². The van der Waals surface area contributed by atoms with Gasteiger partial charge >= 0.3 is 11.8 Å². The molecule has 0 amide bonds. The second-order valence-corrected chi connectivity index (χ2v) is 21.9. The number of ether oxygens (including phenoxy) is 1. The number of aliphatic hydroxyl groups excluding tert-OH is 1. The van der Waals surface area contributed by atoms with E-state index >= 15 is 4.39 Å². The molecule has 0 spiro atoms. The van der Waals surface area contributed by atoms with Gasteiger partial charge in [0, 0.05) is 12.3 Å². The van der Waals surface area contributed by atoms with Crippen molar-refractivity contribution in [1.29, 1.82) is 0 Å². The lowest BCUT2D eigenvalue weighted by atomic mass is 9.77. The minimum atomic E-state index is -2.20. The van der Waals surface area contributed by atoms with Crippen molar-refractivity contribution < 1.29 is 23.2 Å². The molecule has 214 valence electrons. The Morgan fingerprint density at radius 2 is 2.11 bits per heavy atom. The number of alkyl halides is 1. The van der Waals surface area contributed by atoms with E-state index in [1.54, 1.807) is 0 Å². The molecule has 1 aromatic rings. The number of hydrogen-bond acceptors (Lipinski definition) is 8. The summed E-state index contributed by atoms with van der Waals surface area (Å²) in [7, 11) is -2.20. The molecule has 2 fully saturated rings. The lowest BCUT2D eigenvalue weighted by Crippen LogP contribution is -2.44. The fourth-order valence-corrected chi connectivity index (χ4v) is 10.6. The number of aromatic nitrogens is 2. The molecule has 3 rings (SSSR count). The van der Waals surface area contributed by atoms with Gasteiger partial charge in [0.05, 0.1) is 17.5 Å². The molecule has 13 heteroatoms. The van der Waals surface area contributed by atoms with Crippen molar-refractivity contribution in [2.75, 3.05) is 6.61 Å². The van der Waals surface area contributed by atoms with Crippen LogP contribution >= 0.6 is 17.5 Å². The van der Waals surface area contributed by atoms with Crippen LogP contribution in [0.25, 0.3) is 0 Å². The fourth-order valence-electron chi connectivity index (χ4n) is 4.42. The summed E-state index contributed by atoms with van der Waals surface area (Å²) in [5.41, 5.74) is -0.289. The Morgan fingerprint density at radius 3 is 2.66 bits per heavy atom. The molecule has 2 heterocycles. The van der Waals surface area contributed by atoms with Gasteiger partial charge in [-0.05, 0) is 57.2 Å². The summed E-state index contributed by atoms with van der Waals surface area (Å²) in [6, 6.07) is 1.14. The van der Waals surface area contributed by atoms with E-state index in [2.05, 4.69) is 45.4 Å². The second-order valence-electron chi connectivity index (χ2n) is 12.1. The van der Waals surface area contributed by atoms with Gasteiger partial charge < -0.3 is 14.3 Å². The third-order valence-electron chi connectivity index (χ3n) is 8.20. The van der Waals surface area contributed by atoms with Crippen LogP contribution in [-0.4, -0.2) is 58.8 Å². The van der Waals surface area contributed by atoms with E-state index in [9.17, 15) is 14.7 Å². The Balaban J connectivity index is 1.80. The molecule has 2 N–H and O–H groups in total. The van der Waals surface area contributed by atoms with Crippen LogP contribution in [0.1, 0.15) is 60.1 Å². The zero-order chi connectivity index (χ0) is 28.6. The quantitative estimate of drug-likeness (QED) is 0.225. The first-order chi connectivity index (χ1) is 17.4. The molecule has 2 aliphatic rings. The van der Waals surface area contributed by atoms with Crippen molar-refractivity contribution in [3.8, 4) is 0 Å². The largest absolute Gasteiger partial charge is 0.415 e. The lowest BCUT2D eigenvalue weighted by Gasteiger charge is -2.38. The molecule has 1 aliphatic carbocycles. The summed E-state index contributed by atoms with van der Waals surface area (Å²) in [5, 5.41) is 10.9. The van der Waals surface area contributed by atoms with Crippen LogP contribution < -0.4 is 11.2 Å². The maximum Gasteiger partial charge on any atom is 0.415 e. The van der Waals surface area contributed by atoms with E-state index in [0.717, 1.165) is 29.0 Å². The van der Waals surface area contributed by atoms with Gasteiger partial charge in [0.2, 0.25) is 11.8 Å². The minimum absolute atomic E-state index is 0.0693. The SMILES string of the molecule is C=C(C)[C@H]1CC[C@@](C)(S[P+](=S)O[C@H]2[C@@H](F)[C@H](n3ccc(=O)[nH]c3=O)O[C@@H]2CO[Si](C)(C)C(C)(C)C)[C@H](O)C1. The van der Waals surface area contributed by atoms with Gasteiger partial charge in [-0.1, -0.05) is 32.9 Å². The summed E-state index contributed by atoms with van der Waals surface area (Å²) in [4.78, 5) is 26.1. The molecule has 8 nitrogen and oxygen atoms in total. The Kier molecular flexibility index (Phi) is 10.1. The summed E-state index contributed by atoms with van der Waals surface area (Å²) in [6.45, 7) is 18.6.